The summed E-state index contributed by atoms with van der Waals surface area (Å²) in [4.78, 5) is 11.4. The van der Waals surface area contributed by atoms with Crippen molar-refractivity contribution in [3.63, 3.8) is 0 Å². The Morgan fingerprint density at radius 2 is 1.93 bits per heavy atom. The number of nitrogens with one attached hydrogen (secondary N) is 1. The molecule has 5 heteroatoms. The second-order valence-corrected chi connectivity index (χ2v) is 3.09. The number of benzene rings is 1. The maximum absolute atomic E-state index is 11.4. The van der Waals surface area contributed by atoms with E-state index in [2.05, 4.69) is 5.32 Å². The summed E-state index contributed by atoms with van der Waals surface area (Å²) in [5.74, 6) is -0.274. The van der Waals surface area contributed by atoms with Gasteiger partial charge in [-0.3, -0.25) is 4.79 Å². The summed E-state index contributed by atoms with van der Waals surface area (Å²) >= 11 is 0. The van der Waals surface area contributed by atoms with Crippen LogP contribution in [0.5, 0.6) is 5.75 Å². The van der Waals surface area contributed by atoms with E-state index >= 15 is 0 Å². The van der Waals surface area contributed by atoms with Gasteiger partial charge in [-0.25, -0.2) is 0 Å². The van der Waals surface area contributed by atoms with Crippen LogP contribution in [0.1, 0.15) is 10.4 Å². The van der Waals surface area contributed by atoms with Crippen LogP contribution in [0, 0.1) is 0 Å². The molecular weight excluding hydrogens is 198 g/mol. The molecule has 1 atom stereocenters. The van der Waals surface area contributed by atoms with Crippen LogP contribution in [-0.2, 0) is 0 Å². The normalized spacial score (nSPS) is 12.1. The average molecular weight is 211 g/mol. The standard InChI is InChI=1S/C10H13NO4/c12-6-9(14)5-11-10(15)7-1-3-8(13)4-2-7/h1-4,9,12-14H,5-6H2,(H,11,15). The molecule has 5 nitrogen and oxygen atoms in total. The zero-order valence-corrected chi connectivity index (χ0v) is 8.05. The number of amides is 1. The SMILES string of the molecule is O=C(NCC(O)CO)c1ccc(O)cc1. The minimum atomic E-state index is -0.953. The Morgan fingerprint density at radius 1 is 1.33 bits per heavy atom. The number of phenolic OH excluding ortho intramolecular Hbond substituents is 1. The largest absolute Gasteiger partial charge is 0.508 e. The van der Waals surface area contributed by atoms with Crippen LogP contribution < -0.4 is 5.32 Å². The van der Waals surface area contributed by atoms with E-state index in [1.807, 2.05) is 0 Å². The molecule has 4 N–H and O–H groups in total. The van der Waals surface area contributed by atoms with Crippen LogP contribution in [0.25, 0.3) is 0 Å². The third-order valence-corrected chi connectivity index (χ3v) is 1.84. The molecule has 0 spiro atoms. The van der Waals surface area contributed by atoms with E-state index in [0.29, 0.717) is 5.56 Å². The second-order valence-electron chi connectivity index (χ2n) is 3.09. The lowest BCUT2D eigenvalue weighted by Gasteiger charge is -2.08. The van der Waals surface area contributed by atoms with Crippen molar-refractivity contribution in [1.29, 1.82) is 0 Å². The van der Waals surface area contributed by atoms with Crippen LogP contribution in [0.3, 0.4) is 0 Å². The van der Waals surface area contributed by atoms with Gasteiger partial charge in [0.25, 0.3) is 5.91 Å². The minimum absolute atomic E-state index is 0.00376. The first-order valence-corrected chi connectivity index (χ1v) is 4.49. The number of hydrogen-bond acceptors (Lipinski definition) is 4. The Labute approximate surface area is 87.0 Å². The van der Waals surface area contributed by atoms with E-state index in [-0.39, 0.29) is 18.2 Å². The highest BCUT2D eigenvalue weighted by Gasteiger charge is 2.07. The molecule has 0 aliphatic carbocycles. The molecule has 0 saturated carbocycles. The van der Waals surface area contributed by atoms with Gasteiger partial charge in [0.1, 0.15) is 5.75 Å². The van der Waals surface area contributed by atoms with Gasteiger partial charge in [-0.15, -0.1) is 0 Å². The summed E-state index contributed by atoms with van der Waals surface area (Å²) in [7, 11) is 0. The van der Waals surface area contributed by atoms with Crippen molar-refractivity contribution in [3.8, 4) is 5.75 Å². The zero-order chi connectivity index (χ0) is 11.3. The Kier molecular flexibility index (Phi) is 4.08. The quantitative estimate of drug-likeness (QED) is 0.539. The fraction of sp³-hybridized carbons (Fsp3) is 0.300. The molecule has 1 unspecified atom stereocenters. The first-order valence-electron chi connectivity index (χ1n) is 4.49. The van der Waals surface area contributed by atoms with Crippen LogP contribution in [0.4, 0.5) is 0 Å². The maximum atomic E-state index is 11.4. The molecule has 0 radical (unpaired) electrons. The highest BCUT2D eigenvalue weighted by Crippen LogP contribution is 2.09. The Morgan fingerprint density at radius 3 is 2.47 bits per heavy atom. The summed E-state index contributed by atoms with van der Waals surface area (Å²) in [5, 5.41) is 28.9. The van der Waals surface area contributed by atoms with Gasteiger partial charge < -0.3 is 20.6 Å². The average Bonchev–Trinajstić information content (AvgIpc) is 2.26. The van der Waals surface area contributed by atoms with E-state index in [9.17, 15) is 4.79 Å². The molecule has 0 aliphatic rings. The molecule has 1 rings (SSSR count). The summed E-state index contributed by atoms with van der Waals surface area (Å²) in [6.45, 7) is -0.397. The topological polar surface area (TPSA) is 89.8 Å². The molecule has 0 fully saturated rings. The van der Waals surface area contributed by atoms with E-state index in [0.717, 1.165) is 0 Å². The third-order valence-electron chi connectivity index (χ3n) is 1.84. The Bertz CT molecular complexity index is 323. The number of carbonyl (C=O) groups is 1. The smallest absolute Gasteiger partial charge is 0.251 e. The van der Waals surface area contributed by atoms with Crippen molar-refractivity contribution < 1.29 is 20.1 Å². The van der Waals surface area contributed by atoms with Gasteiger partial charge in [0.05, 0.1) is 12.7 Å². The highest BCUT2D eigenvalue weighted by molar-refractivity contribution is 5.94. The van der Waals surface area contributed by atoms with Gasteiger partial charge in [-0.05, 0) is 24.3 Å². The van der Waals surface area contributed by atoms with E-state index in [4.69, 9.17) is 15.3 Å². The van der Waals surface area contributed by atoms with Crippen LogP contribution in [-0.4, -0.2) is 40.5 Å². The van der Waals surface area contributed by atoms with Crippen molar-refractivity contribution in [2.75, 3.05) is 13.2 Å². The summed E-state index contributed by atoms with van der Waals surface area (Å²) < 4.78 is 0. The van der Waals surface area contributed by atoms with Crippen LogP contribution >= 0.6 is 0 Å². The van der Waals surface area contributed by atoms with E-state index < -0.39 is 12.7 Å². The van der Waals surface area contributed by atoms with Crippen molar-refractivity contribution in [3.05, 3.63) is 29.8 Å². The lowest BCUT2D eigenvalue weighted by Crippen LogP contribution is -2.33. The van der Waals surface area contributed by atoms with Crippen LogP contribution in [0.2, 0.25) is 0 Å². The van der Waals surface area contributed by atoms with Gasteiger partial charge in [0, 0.05) is 12.1 Å². The lowest BCUT2D eigenvalue weighted by molar-refractivity contribution is 0.0802. The molecule has 15 heavy (non-hydrogen) atoms. The molecule has 82 valence electrons. The molecule has 1 aromatic carbocycles. The molecule has 0 aliphatic heterocycles. The minimum Gasteiger partial charge on any atom is -0.508 e. The summed E-state index contributed by atoms with van der Waals surface area (Å²) in [6.07, 6.45) is -0.953. The van der Waals surface area contributed by atoms with Crippen molar-refractivity contribution in [1.82, 2.24) is 5.32 Å². The van der Waals surface area contributed by atoms with Gasteiger partial charge >= 0.3 is 0 Å². The van der Waals surface area contributed by atoms with Gasteiger partial charge in [-0.1, -0.05) is 0 Å². The van der Waals surface area contributed by atoms with Crippen LogP contribution in [0.15, 0.2) is 24.3 Å². The third kappa shape index (κ3) is 3.57. The Balaban J connectivity index is 2.50. The summed E-state index contributed by atoms with van der Waals surface area (Å²) in [6, 6.07) is 5.74. The molecule has 1 aromatic rings. The zero-order valence-electron chi connectivity index (χ0n) is 8.05. The maximum Gasteiger partial charge on any atom is 0.251 e. The molecule has 0 aromatic heterocycles. The fourth-order valence-corrected chi connectivity index (χ4v) is 0.990. The first-order chi connectivity index (χ1) is 7.13. The second kappa shape index (κ2) is 5.33. The monoisotopic (exact) mass is 211 g/mol. The number of aromatic hydroxyl groups is 1. The molecular formula is C10H13NO4. The number of carbonyl (C=O) groups excluding carboxylic acids is 1. The van der Waals surface area contributed by atoms with E-state index in [1.165, 1.54) is 24.3 Å². The highest BCUT2D eigenvalue weighted by atomic mass is 16.3. The van der Waals surface area contributed by atoms with Crippen molar-refractivity contribution in [2.24, 2.45) is 0 Å². The van der Waals surface area contributed by atoms with Gasteiger partial charge in [0.2, 0.25) is 0 Å². The number of aliphatic hydroxyl groups excluding tert-OH is 2. The summed E-state index contributed by atoms with van der Waals surface area (Å²) in [5.41, 5.74) is 0.387. The number of hydrogen-bond donors (Lipinski definition) is 4. The van der Waals surface area contributed by atoms with Crippen molar-refractivity contribution in [2.45, 2.75) is 6.10 Å². The number of rotatable bonds is 4. The predicted octanol–water partition coefficient (Wildman–Crippen LogP) is -0.525. The number of phenols is 1. The molecule has 0 saturated heterocycles. The van der Waals surface area contributed by atoms with Crippen molar-refractivity contribution >= 4 is 5.91 Å². The van der Waals surface area contributed by atoms with E-state index in [1.54, 1.807) is 0 Å². The van der Waals surface area contributed by atoms with Gasteiger partial charge in [0.15, 0.2) is 0 Å². The van der Waals surface area contributed by atoms with Gasteiger partial charge in [-0.2, -0.15) is 0 Å². The molecule has 0 heterocycles. The Hall–Kier alpha value is -1.59. The molecule has 1 amide bonds. The predicted molar refractivity (Wildman–Crippen MR) is 53.5 cm³/mol. The molecule has 0 bridgehead atoms. The lowest BCUT2D eigenvalue weighted by atomic mass is 10.2. The fourth-order valence-electron chi connectivity index (χ4n) is 0.990. The number of aliphatic hydroxyl groups is 2. The first kappa shape index (κ1) is 11.5.